The summed E-state index contributed by atoms with van der Waals surface area (Å²) in [5.74, 6) is 0.265. The van der Waals surface area contributed by atoms with Gasteiger partial charge in [-0.3, -0.25) is 0 Å². The van der Waals surface area contributed by atoms with E-state index >= 15 is 0 Å². The summed E-state index contributed by atoms with van der Waals surface area (Å²) in [4.78, 5) is 0. The van der Waals surface area contributed by atoms with E-state index < -0.39 is 0 Å². The van der Waals surface area contributed by atoms with Crippen molar-refractivity contribution in [3.05, 3.63) is 101 Å². The van der Waals surface area contributed by atoms with Gasteiger partial charge in [-0.25, -0.2) is 4.39 Å². The normalized spacial score (nSPS) is 15.2. The Bertz CT molecular complexity index is 1080. The van der Waals surface area contributed by atoms with E-state index in [1.807, 2.05) is 0 Å². The first kappa shape index (κ1) is 21.0. The molecule has 0 spiro atoms. The summed E-state index contributed by atoms with van der Waals surface area (Å²) >= 11 is 0. The molecule has 1 heterocycles. The maximum Gasteiger partial charge on any atom is 0.123 e. The molecule has 0 aromatic heterocycles. The molecule has 1 aliphatic heterocycles. The van der Waals surface area contributed by atoms with Crippen molar-refractivity contribution in [3.8, 4) is 0 Å². The lowest BCUT2D eigenvalue weighted by Gasteiger charge is -2.26. The second-order valence-electron chi connectivity index (χ2n) is 8.27. The standard InChI is InChI=1S/C27H28FN3/c1-4-19(3)27(22-7-5-18(2)6-8-22)29-24-15-11-21(12-16-24)26-17-25(30-31-26)20-9-13-23(28)14-10-20/h5-16,19,27,29H,4,17H2,1-3H3. The van der Waals surface area contributed by atoms with E-state index in [1.165, 1.54) is 23.3 Å². The van der Waals surface area contributed by atoms with Gasteiger partial charge in [0.1, 0.15) is 5.82 Å². The van der Waals surface area contributed by atoms with Crippen molar-refractivity contribution < 1.29 is 4.39 Å². The van der Waals surface area contributed by atoms with Gasteiger partial charge in [0, 0.05) is 12.1 Å². The zero-order chi connectivity index (χ0) is 21.8. The molecule has 3 nitrogen and oxygen atoms in total. The molecule has 0 aliphatic carbocycles. The number of rotatable bonds is 7. The molecule has 0 amide bonds. The van der Waals surface area contributed by atoms with Gasteiger partial charge >= 0.3 is 0 Å². The number of benzene rings is 3. The summed E-state index contributed by atoms with van der Waals surface area (Å²) in [6.45, 7) is 6.63. The Kier molecular flexibility index (Phi) is 6.26. The second kappa shape index (κ2) is 9.25. The number of nitrogens with one attached hydrogen (secondary N) is 1. The first-order chi connectivity index (χ1) is 15.0. The Labute approximate surface area is 183 Å². The van der Waals surface area contributed by atoms with Crippen molar-refractivity contribution in [1.29, 1.82) is 0 Å². The average Bonchev–Trinajstić information content (AvgIpc) is 3.29. The number of halogens is 1. The molecule has 4 heteroatoms. The SMILES string of the molecule is CCC(C)C(Nc1ccc(C2=NN=C(c3ccc(F)cc3)C2)cc1)c1ccc(C)cc1. The van der Waals surface area contributed by atoms with Crippen molar-refractivity contribution in [2.45, 2.75) is 39.7 Å². The monoisotopic (exact) mass is 413 g/mol. The molecule has 0 radical (unpaired) electrons. The van der Waals surface area contributed by atoms with Crippen LogP contribution in [-0.2, 0) is 0 Å². The predicted octanol–water partition coefficient (Wildman–Crippen LogP) is 6.93. The van der Waals surface area contributed by atoms with Crippen molar-refractivity contribution in [1.82, 2.24) is 0 Å². The van der Waals surface area contributed by atoms with E-state index in [4.69, 9.17) is 0 Å². The molecule has 0 bridgehead atoms. The maximum atomic E-state index is 13.2. The van der Waals surface area contributed by atoms with Crippen LogP contribution < -0.4 is 5.32 Å². The first-order valence-corrected chi connectivity index (χ1v) is 10.9. The summed E-state index contributed by atoms with van der Waals surface area (Å²) in [6, 6.07) is 23.8. The minimum atomic E-state index is -0.243. The van der Waals surface area contributed by atoms with Crippen LogP contribution in [0.4, 0.5) is 10.1 Å². The van der Waals surface area contributed by atoms with Gasteiger partial charge in [-0.2, -0.15) is 10.2 Å². The molecule has 1 N–H and O–H groups in total. The highest BCUT2D eigenvalue weighted by Gasteiger charge is 2.19. The highest BCUT2D eigenvalue weighted by Crippen LogP contribution is 2.29. The molecule has 31 heavy (non-hydrogen) atoms. The summed E-state index contributed by atoms with van der Waals surface area (Å²) < 4.78 is 13.2. The van der Waals surface area contributed by atoms with Gasteiger partial charge in [0.2, 0.25) is 0 Å². The molecule has 158 valence electrons. The van der Waals surface area contributed by atoms with E-state index in [0.717, 1.165) is 34.7 Å². The molecule has 0 saturated carbocycles. The fraction of sp³-hybridized carbons (Fsp3) is 0.259. The molecular formula is C27H28FN3. The van der Waals surface area contributed by atoms with Crippen LogP contribution in [-0.4, -0.2) is 11.4 Å². The maximum absolute atomic E-state index is 13.2. The predicted molar refractivity (Wildman–Crippen MR) is 128 cm³/mol. The van der Waals surface area contributed by atoms with Crippen LogP contribution in [0.2, 0.25) is 0 Å². The second-order valence-corrected chi connectivity index (χ2v) is 8.27. The number of nitrogens with zero attached hydrogens (tertiary/aromatic N) is 2. The number of anilines is 1. The Morgan fingerprint density at radius 1 is 0.839 bits per heavy atom. The van der Waals surface area contributed by atoms with Gasteiger partial charge in [0.25, 0.3) is 0 Å². The molecular weight excluding hydrogens is 385 g/mol. The van der Waals surface area contributed by atoms with Gasteiger partial charge in [-0.05, 0) is 53.8 Å². The Morgan fingerprint density at radius 2 is 1.39 bits per heavy atom. The molecule has 0 fully saturated rings. The Hall–Kier alpha value is -3.27. The van der Waals surface area contributed by atoms with Crippen molar-refractivity contribution in [3.63, 3.8) is 0 Å². The summed E-state index contributed by atoms with van der Waals surface area (Å²) in [6.07, 6.45) is 1.75. The van der Waals surface area contributed by atoms with E-state index in [-0.39, 0.29) is 11.9 Å². The third-order valence-electron chi connectivity index (χ3n) is 5.99. The van der Waals surface area contributed by atoms with Gasteiger partial charge in [-0.1, -0.05) is 74.4 Å². The number of aryl methyl sites for hydroxylation is 1. The largest absolute Gasteiger partial charge is 0.378 e. The van der Waals surface area contributed by atoms with Crippen LogP contribution in [0.1, 0.15) is 55.0 Å². The minimum Gasteiger partial charge on any atom is -0.378 e. The molecule has 2 unspecified atom stereocenters. The van der Waals surface area contributed by atoms with Gasteiger partial charge in [0.15, 0.2) is 0 Å². The van der Waals surface area contributed by atoms with Crippen LogP contribution in [0, 0.1) is 18.7 Å². The van der Waals surface area contributed by atoms with Crippen LogP contribution in [0.15, 0.2) is 83.0 Å². The van der Waals surface area contributed by atoms with Gasteiger partial charge < -0.3 is 5.32 Å². The Morgan fingerprint density at radius 3 is 1.94 bits per heavy atom. The molecule has 4 rings (SSSR count). The average molecular weight is 414 g/mol. The van der Waals surface area contributed by atoms with Crippen LogP contribution in [0.3, 0.4) is 0 Å². The molecule has 0 saturated heterocycles. The first-order valence-electron chi connectivity index (χ1n) is 10.9. The van der Waals surface area contributed by atoms with E-state index in [1.54, 1.807) is 12.1 Å². The van der Waals surface area contributed by atoms with E-state index in [9.17, 15) is 4.39 Å². The smallest absolute Gasteiger partial charge is 0.123 e. The van der Waals surface area contributed by atoms with E-state index in [0.29, 0.717) is 12.3 Å². The third kappa shape index (κ3) is 4.91. The fourth-order valence-corrected chi connectivity index (χ4v) is 3.81. The lowest BCUT2D eigenvalue weighted by Crippen LogP contribution is -2.18. The zero-order valence-corrected chi connectivity index (χ0v) is 18.3. The van der Waals surface area contributed by atoms with E-state index in [2.05, 4.69) is 84.8 Å². The van der Waals surface area contributed by atoms with Gasteiger partial charge in [0.05, 0.1) is 17.5 Å². The summed E-state index contributed by atoms with van der Waals surface area (Å²) in [7, 11) is 0. The molecule has 3 aromatic rings. The lowest BCUT2D eigenvalue weighted by atomic mass is 9.91. The third-order valence-corrected chi connectivity index (χ3v) is 5.99. The molecule has 3 aromatic carbocycles. The number of hydrogen-bond acceptors (Lipinski definition) is 3. The van der Waals surface area contributed by atoms with Crippen LogP contribution in [0.5, 0.6) is 0 Å². The topological polar surface area (TPSA) is 36.8 Å². The van der Waals surface area contributed by atoms with Crippen LogP contribution in [0.25, 0.3) is 0 Å². The quantitative estimate of drug-likeness (QED) is 0.448. The van der Waals surface area contributed by atoms with Crippen molar-refractivity contribution in [2.24, 2.45) is 16.1 Å². The van der Waals surface area contributed by atoms with Gasteiger partial charge in [-0.15, -0.1) is 0 Å². The Balaban J connectivity index is 1.45. The molecule has 2 atom stereocenters. The number of hydrogen-bond donors (Lipinski definition) is 1. The lowest BCUT2D eigenvalue weighted by molar-refractivity contribution is 0.482. The highest BCUT2D eigenvalue weighted by molar-refractivity contribution is 6.20. The fourth-order valence-electron chi connectivity index (χ4n) is 3.81. The highest BCUT2D eigenvalue weighted by atomic mass is 19.1. The van der Waals surface area contributed by atoms with Crippen molar-refractivity contribution >= 4 is 17.1 Å². The zero-order valence-electron chi connectivity index (χ0n) is 18.3. The summed E-state index contributed by atoms with van der Waals surface area (Å²) in [5.41, 5.74) is 7.44. The summed E-state index contributed by atoms with van der Waals surface area (Å²) in [5, 5.41) is 12.4. The molecule has 1 aliphatic rings. The van der Waals surface area contributed by atoms with Crippen molar-refractivity contribution in [2.75, 3.05) is 5.32 Å². The minimum absolute atomic E-state index is 0.243. The van der Waals surface area contributed by atoms with Crippen LogP contribution >= 0.6 is 0 Å².